The summed E-state index contributed by atoms with van der Waals surface area (Å²) >= 11 is 1.46. The number of nitrogens with one attached hydrogen (secondary N) is 1. The average Bonchev–Trinajstić information content (AvgIpc) is 2.61. The summed E-state index contributed by atoms with van der Waals surface area (Å²) in [6.07, 6.45) is 0.510. The molecule has 0 heterocycles. The highest BCUT2D eigenvalue weighted by molar-refractivity contribution is 8.00. The van der Waals surface area contributed by atoms with Crippen LogP contribution in [0.15, 0.2) is 53.4 Å². The number of carbonyl (C=O) groups excluding carboxylic acids is 1. The van der Waals surface area contributed by atoms with Gasteiger partial charge in [0, 0.05) is 17.0 Å². The molecule has 0 aliphatic rings. The van der Waals surface area contributed by atoms with Gasteiger partial charge < -0.3 is 15.2 Å². The molecule has 0 saturated heterocycles. The molecule has 6 heteroatoms. The van der Waals surface area contributed by atoms with Crippen LogP contribution >= 0.6 is 11.8 Å². The Morgan fingerprint density at radius 3 is 2.56 bits per heavy atom. The lowest BCUT2D eigenvalue weighted by Gasteiger charge is -2.13. The Hall–Kier alpha value is -2.47. The SMILES string of the molecule is COc1ccc(SC(C)C(=O)Nc2cccc(CCC(=O)O)c2)cc1. The van der Waals surface area contributed by atoms with Gasteiger partial charge in [0.25, 0.3) is 0 Å². The van der Waals surface area contributed by atoms with Crippen LogP contribution < -0.4 is 10.1 Å². The number of carbonyl (C=O) groups is 2. The molecule has 0 spiro atoms. The van der Waals surface area contributed by atoms with Gasteiger partial charge in [-0.2, -0.15) is 0 Å². The van der Waals surface area contributed by atoms with E-state index in [-0.39, 0.29) is 17.6 Å². The third-order valence-corrected chi connectivity index (χ3v) is 4.68. The number of anilines is 1. The summed E-state index contributed by atoms with van der Waals surface area (Å²) in [6.45, 7) is 1.85. The Labute approximate surface area is 151 Å². The number of aliphatic carboxylic acids is 1. The molecule has 2 N–H and O–H groups in total. The maximum atomic E-state index is 12.4. The second kappa shape index (κ2) is 9.13. The Balaban J connectivity index is 1.93. The quantitative estimate of drug-likeness (QED) is 0.701. The number of benzene rings is 2. The van der Waals surface area contributed by atoms with Crippen molar-refractivity contribution in [1.82, 2.24) is 0 Å². The number of ether oxygens (including phenoxy) is 1. The fourth-order valence-electron chi connectivity index (χ4n) is 2.21. The van der Waals surface area contributed by atoms with Gasteiger partial charge in [0.05, 0.1) is 12.4 Å². The van der Waals surface area contributed by atoms with E-state index in [4.69, 9.17) is 9.84 Å². The minimum Gasteiger partial charge on any atom is -0.497 e. The lowest BCUT2D eigenvalue weighted by molar-refractivity contribution is -0.137. The first-order chi connectivity index (χ1) is 12.0. The van der Waals surface area contributed by atoms with E-state index in [1.54, 1.807) is 13.2 Å². The van der Waals surface area contributed by atoms with Crippen molar-refractivity contribution in [2.45, 2.75) is 29.9 Å². The molecule has 0 aliphatic heterocycles. The van der Waals surface area contributed by atoms with E-state index in [0.29, 0.717) is 12.1 Å². The molecule has 1 atom stereocenters. The number of thioether (sulfide) groups is 1. The summed E-state index contributed by atoms with van der Waals surface area (Å²) in [5.41, 5.74) is 1.56. The molecule has 0 saturated carbocycles. The zero-order valence-electron chi connectivity index (χ0n) is 14.2. The highest BCUT2D eigenvalue weighted by Gasteiger charge is 2.15. The van der Waals surface area contributed by atoms with Crippen molar-refractivity contribution in [2.75, 3.05) is 12.4 Å². The highest BCUT2D eigenvalue weighted by Crippen LogP contribution is 2.26. The monoisotopic (exact) mass is 359 g/mol. The van der Waals surface area contributed by atoms with Gasteiger partial charge in [0.15, 0.2) is 0 Å². The minimum absolute atomic E-state index is 0.0706. The molecule has 0 radical (unpaired) electrons. The van der Waals surface area contributed by atoms with E-state index >= 15 is 0 Å². The van der Waals surface area contributed by atoms with Gasteiger partial charge >= 0.3 is 5.97 Å². The third-order valence-electron chi connectivity index (χ3n) is 3.56. The normalized spacial score (nSPS) is 11.6. The number of rotatable bonds is 8. The van der Waals surface area contributed by atoms with E-state index in [2.05, 4.69) is 5.32 Å². The molecule has 2 aromatic carbocycles. The van der Waals surface area contributed by atoms with Gasteiger partial charge in [-0.25, -0.2) is 0 Å². The molecule has 2 rings (SSSR count). The number of hydrogen-bond donors (Lipinski definition) is 2. The van der Waals surface area contributed by atoms with Crippen molar-refractivity contribution in [1.29, 1.82) is 0 Å². The molecule has 132 valence electrons. The van der Waals surface area contributed by atoms with Crippen LogP contribution in [-0.4, -0.2) is 29.3 Å². The largest absolute Gasteiger partial charge is 0.497 e. The van der Waals surface area contributed by atoms with Gasteiger partial charge in [-0.05, 0) is 55.3 Å². The first kappa shape index (κ1) is 18.9. The molecular formula is C19H21NO4S. The predicted octanol–water partition coefficient (Wildman–Crippen LogP) is 3.83. The van der Waals surface area contributed by atoms with E-state index in [1.165, 1.54) is 11.8 Å². The lowest BCUT2D eigenvalue weighted by Crippen LogP contribution is -2.22. The number of amides is 1. The maximum Gasteiger partial charge on any atom is 0.303 e. The van der Waals surface area contributed by atoms with Gasteiger partial charge in [-0.3, -0.25) is 9.59 Å². The molecule has 0 aliphatic carbocycles. The molecule has 25 heavy (non-hydrogen) atoms. The van der Waals surface area contributed by atoms with E-state index in [9.17, 15) is 9.59 Å². The lowest BCUT2D eigenvalue weighted by atomic mass is 10.1. The second-order valence-corrected chi connectivity index (χ2v) is 6.93. The molecule has 1 amide bonds. The molecule has 0 aromatic heterocycles. The molecule has 5 nitrogen and oxygen atoms in total. The van der Waals surface area contributed by atoms with Crippen molar-refractivity contribution in [3.05, 3.63) is 54.1 Å². The highest BCUT2D eigenvalue weighted by atomic mass is 32.2. The van der Waals surface area contributed by atoms with Gasteiger partial charge in [-0.1, -0.05) is 12.1 Å². The number of carboxylic acid groups (broad SMARTS) is 1. The van der Waals surface area contributed by atoms with Gasteiger partial charge in [0.2, 0.25) is 5.91 Å². The van der Waals surface area contributed by atoms with E-state index < -0.39 is 5.97 Å². The number of aryl methyl sites for hydroxylation is 1. The third kappa shape index (κ3) is 6.15. The Morgan fingerprint density at radius 2 is 1.92 bits per heavy atom. The summed E-state index contributed by atoms with van der Waals surface area (Å²) < 4.78 is 5.12. The van der Waals surface area contributed by atoms with E-state index in [0.717, 1.165) is 16.2 Å². The Bertz CT molecular complexity index is 730. The van der Waals surface area contributed by atoms with Crippen LogP contribution in [0.3, 0.4) is 0 Å². The zero-order valence-corrected chi connectivity index (χ0v) is 15.0. The predicted molar refractivity (Wildman–Crippen MR) is 99.3 cm³/mol. The standard InChI is InChI=1S/C19H21NO4S/c1-13(25-17-9-7-16(24-2)8-10-17)19(23)20-15-5-3-4-14(12-15)6-11-18(21)22/h3-5,7-10,12-13H,6,11H2,1-2H3,(H,20,23)(H,21,22). The van der Waals surface area contributed by atoms with Crippen molar-refractivity contribution in [2.24, 2.45) is 0 Å². The molecule has 1 unspecified atom stereocenters. The van der Waals surface area contributed by atoms with Crippen LogP contribution in [0.25, 0.3) is 0 Å². The molecule has 2 aromatic rings. The average molecular weight is 359 g/mol. The van der Waals surface area contributed by atoms with E-state index in [1.807, 2.05) is 49.4 Å². The van der Waals surface area contributed by atoms with Crippen molar-refractivity contribution >= 4 is 29.3 Å². The summed E-state index contributed by atoms with van der Waals surface area (Å²) in [4.78, 5) is 24.0. The molecular weight excluding hydrogens is 338 g/mol. The number of methoxy groups -OCH3 is 1. The first-order valence-corrected chi connectivity index (χ1v) is 8.78. The van der Waals surface area contributed by atoms with Crippen LogP contribution in [0.1, 0.15) is 18.9 Å². The van der Waals surface area contributed by atoms with Crippen LogP contribution in [0.2, 0.25) is 0 Å². The number of hydrogen-bond acceptors (Lipinski definition) is 4. The van der Waals surface area contributed by atoms with Gasteiger partial charge in [-0.15, -0.1) is 11.8 Å². The number of carboxylic acids is 1. The van der Waals surface area contributed by atoms with Crippen LogP contribution in [0.4, 0.5) is 5.69 Å². The first-order valence-electron chi connectivity index (χ1n) is 7.90. The smallest absolute Gasteiger partial charge is 0.303 e. The fraction of sp³-hybridized carbons (Fsp3) is 0.263. The Kier molecular flexibility index (Phi) is 6.89. The summed E-state index contributed by atoms with van der Waals surface area (Å²) in [5.74, 6) is -0.158. The van der Waals surface area contributed by atoms with Crippen LogP contribution in [0, 0.1) is 0 Å². The zero-order chi connectivity index (χ0) is 18.2. The minimum atomic E-state index is -0.834. The summed E-state index contributed by atoms with van der Waals surface area (Å²) in [5, 5.41) is 11.4. The molecule has 0 fully saturated rings. The summed E-state index contributed by atoms with van der Waals surface area (Å²) in [7, 11) is 1.61. The topological polar surface area (TPSA) is 75.6 Å². The Morgan fingerprint density at radius 1 is 1.20 bits per heavy atom. The van der Waals surface area contributed by atoms with Crippen molar-refractivity contribution in [3.63, 3.8) is 0 Å². The van der Waals surface area contributed by atoms with Crippen molar-refractivity contribution in [3.8, 4) is 5.75 Å². The van der Waals surface area contributed by atoms with Crippen LogP contribution in [0.5, 0.6) is 5.75 Å². The van der Waals surface area contributed by atoms with Crippen LogP contribution in [-0.2, 0) is 16.0 Å². The van der Waals surface area contributed by atoms with Gasteiger partial charge in [0.1, 0.15) is 5.75 Å². The summed E-state index contributed by atoms with van der Waals surface area (Å²) in [6, 6.07) is 14.8. The van der Waals surface area contributed by atoms with Crippen molar-refractivity contribution < 1.29 is 19.4 Å². The molecule has 0 bridgehead atoms. The fourth-order valence-corrected chi connectivity index (χ4v) is 3.08. The second-order valence-electron chi connectivity index (χ2n) is 5.52. The maximum absolute atomic E-state index is 12.4.